The van der Waals surface area contributed by atoms with Crippen LogP contribution in [0.1, 0.15) is 6.92 Å². The number of amides is 1. The van der Waals surface area contributed by atoms with Gasteiger partial charge in [0.2, 0.25) is 15.9 Å². The van der Waals surface area contributed by atoms with Crippen LogP contribution in [0.4, 0.5) is 5.69 Å². The fraction of sp³-hybridized carbons (Fsp3) is 0.333. The van der Waals surface area contributed by atoms with Gasteiger partial charge in [0, 0.05) is 43.8 Å². The highest BCUT2D eigenvalue weighted by Crippen LogP contribution is 2.26. The fourth-order valence-corrected chi connectivity index (χ4v) is 5.49. The Kier molecular flexibility index (Phi) is 7.08. The standard InChI is InChI=1S/C21H24N6O4S2/c1-15(32-21-25-24-19(26(21)2)16-4-3-9-22-14-16)20(28)23-17-5-7-18(8-6-17)33(29,30)27-10-12-31-13-11-27/h3-9,14-15H,10-13H2,1-2H3,(H,23,28). The summed E-state index contributed by atoms with van der Waals surface area (Å²) in [6.45, 7) is 3.21. The normalized spacial score (nSPS) is 15.8. The number of nitrogens with one attached hydrogen (secondary N) is 1. The minimum absolute atomic E-state index is 0.187. The molecule has 0 spiro atoms. The molecular formula is C21H24N6O4S2. The Bertz CT molecular complexity index is 1210. The van der Waals surface area contributed by atoms with E-state index in [2.05, 4.69) is 20.5 Å². The highest BCUT2D eigenvalue weighted by molar-refractivity contribution is 8.00. The van der Waals surface area contributed by atoms with Gasteiger partial charge >= 0.3 is 0 Å². The molecule has 0 saturated carbocycles. The Morgan fingerprint density at radius 3 is 2.55 bits per heavy atom. The third-order valence-corrected chi connectivity index (χ3v) is 8.18. The molecule has 1 amide bonds. The van der Waals surface area contributed by atoms with Crippen LogP contribution in [0, 0.1) is 0 Å². The molecule has 33 heavy (non-hydrogen) atoms. The number of morpholine rings is 1. The number of ether oxygens (including phenoxy) is 1. The van der Waals surface area contributed by atoms with Crippen molar-refractivity contribution in [1.29, 1.82) is 0 Å². The summed E-state index contributed by atoms with van der Waals surface area (Å²) < 4.78 is 33.9. The summed E-state index contributed by atoms with van der Waals surface area (Å²) in [5, 5.41) is 11.4. The molecule has 0 bridgehead atoms. The average Bonchev–Trinajstić information content (AvgIpc) is 3.20. The Balaban J connectivity index is 1.39. The average molecular weight is 489 g/mol. The number of hydrogen-bond acceptors (Lipinski definition) is 8. The third kappa shape index (κ3) is 5.24. The zero-order valence-corrected chi connectivity index (χ0v) is 19.8. The molecule has 10 nitrogen and oxygen atoms in total. The first-order valence-corrected chi connectivity index (χ1v) is 12.6. The Morgan fingerprint density at radius 2 is 1.88 bits per heavy atom. The van der Waals surface area contributed by atoms with E-state index in [0.29, 0.717) is 43.0 Å². The van der Waals surface area contributed by atoms with Gasteiger partial charge in [-0.1, -0.05) is 11.8 Å². The van der Waals surface area contributed by atoms with Crippen molar-refractivity contribution in [3.8, 4) is 11.4 Å². The molecular weight excluding hydrogens is 464 g/mol. The molecule has 12 heteroatoms. The van der Waals surface area contributed by atoms with Crippen LogP contribution in [0.15, 0.2) is 58.8 Å². The third-order valence-electron chi connectivity index (χ3n) is 5.14. The molecule has 1 aromatic carbocycles. The molecule has 0 radical (unpaired) electrons. The Morgan fingerprint density at radius 1 is 1.15 bits per heavy atom. The summed E-state index contributed by atoms with van der Waals surface area (Å²) in [6.07, 6.45) is 3.39. The lowest BCUT2D eigenvalue weighted by Crippen LogP contribution is -2.40. The molecule has 1 saturated heterocycles. The van der Waals surface area contributed by atoms with Crippen molar-refractivity contribution in [3.05, 3.63) is 48.8 Å². The van der Waals surface area contributed by atoms with Crippen molar-refractivity contribution in [1.82, 2.24) is 24.1 Å². The van der Waals surface area contributed by atoms with Gasteiger partial charge in [0.25, 0.3) is 0 Å². The van der Waals surface area contributed by atoms with Crippen LogP contribution in [-0.4, -0.2) is 69.9 Å². The predicted octanol–water partition coefficient (Wildman–Crippen LogP) is 2.02. The first kappa shape index (κ1) is 23.4. The van der Waals surface area contributed by atoms with Crippen molar-refractivity contribution < 1.29 is 17.9 Å². The zero-order chi connectivity index (χ0) is 23.4. The van der Waals surface area contributed by atoms with E-state index in [1.165, 1.54) is 28.2 Å². The van der Waals surface area contributed by atoms with Gasteiger partial charge in [0.05, 0.1) is 23.4 Å². The largest absolute Gasteiger partial charge is 0.379 e. The summed E-state index contributed by atoms with van der Waals surface area (Å²) in [6, 6.07) is 9.90. The van der Waals surface area contributed by atoms with Crippen molar-refractivity contribution >= 4 is 33.4 Å². The van der Waals surface area contributed by atoms with Gasteiger partial charge in [-0.05, 0) is 43.3 Å². The van der Waals surface area contributed by atoms with Gasteiger partial charge in [-0.25, -0.2) is 8.42 Å². The minimum atomic E-state index is -3.58. The Hall–Kier alpha value is -2.80. The number of carbonyl (C=O) groups is 1. The topological polar surface area (TPSA) is 119 Å². The molecule has 174 valence electrons. The van der Waals surface area contributed by atoms with E-state index in [9.17, 15) is 13.2 Å². The number of carbonyl (C=O) groups excluding carboxylic acids is 1. The highest BCUT2D eigenvalue weighted by atomic mass is 32.2. The van der Waals surface area contributed by atoms with Gasteiger partial charge in [0.15, 0.2) is 11.0 Å². The summed E-state index contributed by atoms with van der Waals surface area (Å²) in [5.41, 5.74) is 1.35. The smallest absolute Gasteiger partial charge is 0.243 e. The van der Waals surface area contributed by atoms with Gasteiger partial charge in [-0.3, -0.25) is 9.78 Å². The second-order valence-electron chi connectivity index (χ2n) is 7.40. The van der Waals surface area contributed by atoms with Crippen LogP contribution in [-0.2, 0) is 26.6 Å². The number of thioether (sulfide) groups is 1. The van der Waals surface area contributed by atoms with E-state index in [1.807, 2.05) is 23.7 Å². The van der Waals surface area contributed by atoms with E-state index in [4.69, 9.17) is 4.74 Å². The molecule has 1 atom stereocenters. The van der Waals surface area contributed by atoms with Crippen molar-refractivity contribution in [2.45, 2.75) is 22.2 Å². The SMILES string of the molecule is CC(Sc1nnc(-c2cccnc2)n1C)C(=O)Nc1ccc(S(=O)(=O)N2CCOCC2)cc1. The zero-order valence-electron chi connectivity index (χ0n) is 18.2. The number of aromatic nitrogens is 4. The lowest BCUT2D eigenvalue weighted by molar-refractivity contribution is -0.115. The summed E-state index contributed by atoms with van der Waals surface area (Å²) in [7, 11) is -1.74. The van der Waals surface area contributed by atoms with Crippen LogP contribution in [0.2, 0.25) is 0 Å². The highest BCUT2D eigenvalue weighted by Gasteiger charge is 2.26. The molecule has 3 aromatic rings. The number of anilines is 1. The maximum absolute atomic E-state index is 12.7. The molecule has 1 unspecified atom stereocenters. The van der Waals surface area contributed by atoms with Crippen LogP contribution in [0.5, 0.6) is 0 Å². The number of hydrogen-bond donors (Lipinski definition) is 1. The van der Waals surface area contributed by atoms with E-state index < -0.39 is 15.3 Å². The van der Waals surface area contributed by atoms with Gasteiger partial charge in [-0.15, -0.1) is 10.2 Å². The van der Waals surface area contributed by atoms with Gasteiger partial charge in [0.1, 0.15) is 0 Å². The number of benzene rings is 1. The van der Waals surface area contributed by atoms with E-state index >= 15 is 0 Å². The number of sulfonamides is 1. The number of rotatable bonds is 7. The van der Waals surface area contributed by atoms with Crippen LogP contribution < -0.4 is 5.32 Å². The molecule has 4 rings (SSSR count). The molecule has 1 N–H and O–H groups in total. The molecule has 0 aliphatic carbocycles. The summed E-state index contributed by atoms with van der Waals surface area (Å²) >= 11 is 1.28. The quantitative estimate of drug-likeness (QED) is 0.502. The second kappa shape index (κ2) is 10.00. The van der Waals surface area contributed by atoms with E-state index in [1.54, 1.807) is 31.5 Å². The lowest BCUT2D eigenvalue weighted by Gasteiger charge is -2.26. The molecule has 3 heterocycles. The Labute approximate surface area is 196 Å². The van der Waals surface area contributed by atoms with Crippen LogP contribution >= 0.6 is 11.8 Å². The van der Waals surface area contributed by atoms with Crippen molar-refractivity contribution in [3.63, 3.8) is 0 Å². The number of nitrogens with zero attached hydrogens (tertiary/aromatic N) is 5. The maximum Gasteiger partial charge on any atom is 0.243 e. The number of pyridine rings is 1. The first-order chi connectivity index (χ1) is 15.9. The van der Waals surface area contributed by atoms with Gasteiger partial charge < -0.3 is 14.6 Å². The molecule has 1 fully saturated rings. The predicted molar refractivity (Wildman–Crippen MR) is 124 cm³/mol. The van der Waals surface area contributed by atoms with Crippen LogP contribution in [0.3, 0.4) is 0 Å². The maximum atomic E-state index is 12.7. The van der Waals surface area contributed by atoms with E-state index in [0.717, 1.165) is 5.56 Å². The van der Waals surface area contributed by atoms with Crippen LogP contribution in [0.25, 0.3) is 11.4 Å². The van der Waals surface area contributed by atoms with Gasteiger partial charge in [-0.2, -0.15) is 4.31 Å². The second-order valence-corrected chi connectivity index (χ2v) is 10.6. The van der Waals surface area contributed by atoms with Crippen molar-refractivity contribution in [2.75, 3.05) is 31.6 Å². The first-order valence-electron chi connectivity index (χ1n) is 10.3. The fourth-order valence-electron chi connectivity index (χ4n) is 3.27. The summed E-state index contributed by atoms with van der Waals surface area (Å²) in [4.78, 5) is 17.0. The minimum Gasteiger partial charge on any atom is -0.379 e. The lowest BCUT2D eigenvalue weighted by atomic mass is 10.3. The van der Waals surface area contributed by atoms with E-state index in [-0.39, 0.29) is 10.8 Å². The van der Waals surface area contributed by atoms with Crippen molar-refractivity contribution in [2.24, 2.45) is 7.05 Å². The monoisotopic (exact) mass is 488 g/mol. The molecule has 1 aliphatic heterocycles. The molecule has 1 aliphatic rings. The summed E-state index contributed by atoms with van der Waals surface area (Å²) in [5.74, 6) is 0.435. The molecule has 2 aromatic heterocycles.